The second-order valence-electron chi connectivity index (χ2n) is 6.66. The molecule has 1 atom stereocenters. The Balaban J connectivity index is 1.58. The maximum absolute atomic E-state index is 12.6. The summed E-state index contributed by atoms with van der Waals surface area (Å²) in [6.45, 7) is 0.397. The fourth-order valence-electron chi connectivity index (χ4n) is 3.80. The molecule has 0 saturated carbocycles. The number of benzene rings is 3. The predicted octanol–water partition coefficient (Wildman–Crippen LogP) is 3.67. The molecule has 4 rings (SSSR count). The Hall–Kier alpha value is -2.43. The van der Waals surface area contributed by atoms with Crippen molar-refractivity contribution in [1.29, 1.82) is 0 Å². The minimum absolute atomic E-state index is 0.0104. The molecule has 2 N–H and O–H groups in total. The summed E-state index contributed by atoms with van der Waals surface area (Å²) in [6, 6.07) is 24.8. The van der Waals surface area contributed by atoms with E-state index in [1.807, 2.05) is 24.3 Å². The van der Waals surface area contributed by atoms with Crippen LogP contribution in [0.4, 0.5) is 5.69 Å². The van der Waals surface area contributed by atoms with E-state index in [2.05, 4.69) is 76.8 Å². The monoisotopic (exact) mass is 407 g/mol. The Labute approximate surface area is 161 Å². The Kier molecular flexibility index (Phi) is 4.62. The summed E-state index contributed by atoms with van der Waals surface area (Å²) in [7, 11) is 2.09. The highest BCUT2D eigenvalue weighted by Crippen LogP contribution is 2.41. The van der Waals surface area contributed by atoms with Crippen LogP contribution in [0.1, 0.15) is 17.2 Å². The van der Waals surface area contributed by atoms with E-state index < -0.39 is 0 Å². The average molecular weight is 408 g/mol. The van der Waals surface area contributed by atoms with Crippen molar-refractivity contribution in [2.75, 3.05) is 18.9 Å². The first kappa shape index (κ1) is 17.0. The maximum atomic E-state index is 12.6. The van der Waals surface area contributed by atoms with Crippen LogP contribution in [0.15, 0.2) is 77.3 Å². The van der Waals surface area contributed by atoms with Crippen molar-refractivity contribution < 1.29 is 9.69 Å². The van der Waals surface area contributed by atoms with E-state index in [0.717, 1.165) is 15.1 Å². The number of fused-ring (bicyclic) bond motifs is 3. The summed E-state index contributed by atoms with van der Waals surface area (Å²) in [5.41, 5.74) is 5.94. The van der Waals surface area contributed by atoms with Crippen molar-refractivity contribution in [2.45, 2.75) is 6.04 Å². The van der Waals surface area contributed by atoms with Gasteiger partial charge in [0.05, 0.1) is 12.7 Å². The summed E-state index contributed by atoms with van der Waals surface area (Å²) in [6.07, 6.45) is 0. The third kappa shape index (κ3) is 3.06. The molecule has 0 spiro atoms. The van der Waals surface area contributed by atoms with Crippen LogP contribution in [0.3, 0.4) is 0 Å². The van der Waals surface area contributed by atoms with E-state index >= 15 is 0 Å². The van der Waals surface area contributed by atoms with Crippen molar-refractivity contribution in [3.63, 3.8) is 0 Å². The van der Waals surface area contributed by atoms with Gasteiger partial charge in [-0.3, -0.25) is 4.79 Å². The number of amides is 1. The first-order valence-electron chi connectivity index (χ1n) is 8.70. The molecule has 0 bridgehead atoms. The Morgan fingerprint density at radius 3 is 2.08 bits per heavy atom. The zero-order valence-corrected chi connectivity index (χ0v) is 16.1. The van der Waals surface area contributed by atoms with E-state index in [-0.39, 0.29) is 11.9 Å². The number of quaternary nitrogens is 1. The molecule has 0 aliphatic heterocycles. The number of nitrogens with one attached hydrogen (secondary N) is 2. The molecular weight excluding hydrogens is 388 g/mol. The minimum Gasteiger partial charge on any atom is -0.320 e. The molecule has 1 unspecified atom stereocenters. The number of carbonyl (C=O) groups is 1. The normalized spacial score (nSPS) is 13.8. The van der Waals surface area contributed by atoms with Crippen LogP contribution in [-0.2, 0) is 4.79 Å². The zero-order chi connectivity index (χ0) is 18.1. The van der Waals surface area contributed by atoms with Crippen molar-refractivity contribution in [1.82, 2.24) is 0 Å². The molecule has 1 aliphatic carbocycles. The van der Waals surface area contributed by atoms with Gasteiger partial charge in [0.1, 0.15) is 6.04 Å². The van der Waals surface area contributed by atoms with Gasteiger partial charge < -0.3 is 10.2 Å². The molecule has 1 amide bonds. The molecule has 4 heteroatoms. The fraction of sp³-hybridized carbons (Fsp3) is 0.136. The van der Waals surface area contributed by atoms with Crippen LogP contribution >= 0.6 is 15.9 Å². The molecule has 3 aromatic carbocycles. The summed E-state index contributed by atoms with van der Waals surface area (Å²) in [4.78, 5) is 13.8. The van der Waals surface area contributed by atoms with Gasteiger partial charge in [-0.1, -0.05) is 60.7 Å². The number of hydrogen-bond acceptors (Lipinski definition) is 1. The summed E-state index contributed by atoms with van der Waals surface area (Å²) in [5.74, 6) is 0.0104. The van der Waals surface area contributed by atoms with Crippen molar-refractivity contribution >= 4 is 27.5 Å². The Morgan fingerprint density at radius 2 is 1.46 bits per heavy atom. The standard InChI is InChI=1S/C22H19BrN2O/c1-25(14-21(26)24-20-13-7-6-12-19(20)23)22-17-10-4-2-8-15(17)16-9-3-5-11-18(16)22/h2-13,22H,14H2,1H3,(H,24,26)/p+1. The lowest BCUT2D eigenvalue weighted by molar-refractivity contribution is -0.897. The molecule has 0 heterocycles. The van der Waals surface area contributed by atoms with Gasteiger partial charge in [0.25, 0.3) is 5.91 Å². The molecule has 26 heavy (non-hydrogen) atoms. The molecule has 0 fully saturated rings. The van der Waals surface area contributed by atoms with Crippen molar-refractivity contribution in [3.05, 3.63) is 88.4 Å². The molecular formula is C22H20BrN2O+. The second-order valence-corrected chi connectivity index (χ2v) is 7.51. The van der Waals surface area contributed by atoms with Gasteiger partial charge in [-0.2, -0.15) is 0 Å². The first-order chi connectivity index (χ1) is 12.6. The van der Waals surface area contributed by atoms with Crippen LogP contribution in [0.25, 0.3) is 11.1 Å². The quantitative estimate of drug-likeness (QED) is 0.679. The highest BCUT2D eigenvalue weighted by atomic mass is 79.9. The first-order valence-corrected chi connectivity index (χ1v) is 9.49. The SMILES string of the molecule is C[NH+](CC(=O)Nc1ccccc1Br)C1c2ccccc2-c2ccccc21. The molecule has 3 nitrogen and oxygen atoms in total. The number of para-hydroxylation sites is 1. The Morgan fingerprint density at radius 1 is 0.923 bits per heavy atom. The third-order valence-corrected chi connectivity index (χ3v) is 5.61. The summed E-state index contributed by atoms with van der Waals surface area (Å²) in [5, 5.41) is 3.01. The van der Waals surface area contributed by atoms with Gasteiger partial charge in [-0.15, -0.1) is 0 Å². The Bertz CT molecular complexity index is 924. The lowest BCUT2D eigenvalue weighted by Gasteiger charge is -2.23. The molecule has 1 aliphatic rings. The minimum atomic E-state index is 0.0104. The third-order valence-electron chi connectivity index (χ3n) is 4.91. The predicted molar refractivity (Wildman–Crippen MR) is 108 cm³/mol. The number of halogens is 1. The van der Waals surface area contributed by atoms with E-state index in [1.165, 1.54) is 22.3 Å². The van der Waals surface area contributed by atoms with E-state index in [1.54, 1.807) is 0 Å². The van der Waals surface area contributed by atoms with E-state index in [0.29, 0.717) is 6.54 Å². The molecule has 130 valence electrons. The fourth-order valence-corrected chi connectivity index (χ4v) is 4.18. The molecule has 0 saturated heterocycles. The summed E-state index contributed by atoms with van der Waals surface area (Å²) < 4.78 is 0.891. The molecule has 0 aromatic heterocycles. The van der Waals surface area contributed by atoms with Gasteiger partial charge in [0.2, 0.25) is 0 Å². The number of carbonyl (C=O) groups excluding carboxylic acids is 1. The summed E-state index contributed by atoms with van der Waals surface area (Å²) >= 11 is 3.48. The topological polar surface area (TPSA) is 33.5 Å². The average Bonchev–Trinajstić information content (AvgIpc) is 2.98. The van der Waals surface area contributed by atoms with E-state index in [4.69, 9.17) is 0 Å². The van der Waals surface area contributed by atoms with Crippen molar-refractivity contribution in [3.8, 4) is 11.1 Å². The van der Waals surface area contributed by atoms with Gasteiger partial charge in [0, 0.05) is 15.6 Å². The highest BCUT2D eigenvalue weighted by Gasteiger charge is 2.34. The number of hydrogen-bond donors (Lipinski definition) is 2. The van der Waals surface area contributed by atoms with Gasteiger partial charge >= 0.3 is 0 Å². The number of likely N-dealkylation sites (N-methyl/N-ethyl adjacent to an activating group) is 1. The van der Waals surface area contributed by atoms with Crippen molar-refractivity contribution in [2.24, 2.45) is 0 Å². The number of anilines is 1. The van der Waals surface area contributed by atoms with Crippen LogP contribution in [0.5, 0.6) is 0 Å². The highest BCUT2D eigenvalue weighted by molar-refractivity contribution is 9.10. The molecule has 0 radical (unpaired) electrons. The smallest absolute Gasteiger partial charge is 0.279 e. The lowest BCUT2D eigenvalue weighted by atomic mass is 10.0. The zero-order valence-electron chi connectivity index (χ0n) is 14.5. The van der Waals surface area contributed by atoms with Crippen LogP contribution in [0.2, 0.25) is 0 Å². The second kappa shape index (κ2) is 7.06. The van der Waals surface area contributed by atoms with E-state index in [9.17, 15) is 4.79 Å². The maximum Gasteiger partial charge on any atom is 0.279 e. The van der Waals surface area contributed by atoms with Gasteiger partial charge in [0.15, 0.2) is 6.54 Å². The van der Waals surface area contributed by atoms with Gasteiger partial charge in [-0.05, 0) is 39.2 Å². The van der Waals surface area contributed by atoms with Crippen LogP contribution in [-0.4, -0.2) is 19.5 Å². The molecule has 3 aromatic rings. The van der Waals surface area contributed by atoms with Crippen LogP contribution in [0, 0.1) is 0 Å². The van der Waals surface area contributed by atoms with Gasteiger partial charge in [-0.25, -0.2) is 0 Å². The van der Waals surface area contributed by atoms with Crippen LogP contribution < -0.4 is 10.2 Å². The largest absolute Gasteiger partial charge is 0.320 e. The lowest BCUT2D eigenvalue weighted by Crippen LogP contribution is -3.10. The number of rotatable bonds is 4.